The van der Waals surface area contributed by atoms with Gasteiger partial charge in [-0.15, -0.1) is 5.10 Å². The summed E-state index contributed by atoms with van der Waals surface area (Å²) in [7, 11) is 1.80. The molecule has 8 heteroatoms. The molecular formula is C14H19N5O3. The predicted molar refractivity (Wildman–Crippen MR) is 78.6 cm³/mol. The Morgan fingerprint density at radius 2 is 2.23 bits per heavy atom. The molecule has 0 aliphatic carbocycles. The van der Waals surface area contributed by atoms with Crippen LogP contribution in [0.25, 0.3) is 0 Å². The number of aryl methyl sites for hydroxylation is 2. The summed E-state index contributed by atoms with van der Waals surface area (Å²) in [6, 6.07) is -0.601. The first-order valence-electron chi connectivity index (χ1n) is 7.48. The van der Waals surface area contributed by atoms with Crippen LogP contribution < -0.4 is 10.7 Å². The van der Waals surface area contributed by atoms with E-state index in [2.05, 4.69) is 10.2 Å². The third-order valence-electron chi connectivity index (χ3n) is 3.78. The van der Waals surface area contributed by atoms with E-state index in [0.29, 0.717) is 25.3 Å². The van der Waals surface area contributed by atoms with E-state index in [4.69, 9.17) is 4.42 Å². The van der Waals surface area contributed by atoms with E-state index in [1.165, 1.54) is 4.68 Å². The van der Waals surface area contributed by atoms with Crippen molar-refractivity contribution in [3.63, 3.8) is 0 Å². The molecule has 0 bridgehead atoms. The Kier molecular flexibility index (Phi) is 3.82. The van der Waals surface area contributed by atoms with Gasteiger partial charge in [0.1, 0.15) is 6.04 Å². The Bertz CT molecular complexity index is 729. The highest BCUT2D eigenvalue weighted by molar-refractivity contribution is 5.96. The highest BCUT2D eigenvalue weighted by Gasteiger charge is 2.34. The lowest BCUT2D eigenvalue weighted by Crippen LogP contribution is -2.44. The van der Waals surface area contributed by atoms with E-state index in [1.54, 1.807) is 29.0 Å². The Hall–Kier alpha value is -2.38. The number of hydrogen-bond acceptors (Lipinski definition) is 5. The summed E-state index contributed by atoms with van der Waals surface area (Å²) in [5.74, 6) is -0.314. The number of hydrogen-bond donors (Lipinski definition) is 0. The Balaban J connectivity index is 1.88. The van der Waals surface area contributed by atoms with Gasteiger partial charge < -0.3 is 9.32 Å². The molecule has 1 atom stereocenters. The van der Waals surface area contributed by atoms with Crippen LogP contribution in [0.4, 0.5) is 5.69 Å². The van der Waals surface area contributed by atoms with Gasteiger partial charge >= 0.3 is 5.76 Å². The number of piperidine rings is 1. The van der Waals surface area contributed by atoms with Crippen molar-refractivity contribution < 1.29 is 9.21 Å². The van der Waals surface area contributed by atoms with Crippen LogP contribution in [-0.4, -0.2) is 32.0 Å². The Morgan fingerprint density at radius 3 is 2.91 bits per heavy atom. The second kappa shape index (κ2) is 5.78. The normalized spacial score (nSPS) is 18.9. The maximum absolute atomic E-state index is 12.7. The van der Waals surface area contributed by atoms with Crippen LogP contribution in [0.2, 0.25) is 0 Å². The van der Waals surface area contributed by atoms with E-state index in [1.807, 2.05) is 6.92 Å². The van der Waals surface area contributed by atoms with Gasteiger partial charge in [-0.25, -0.2) is 4.79 Å². The van der Waals surface area contributed by atoms with Gasteiger partial charge in [0.2, 0.25) is 5.89 Å². The van der Waals surface area contributed by atoms with E-state index in [-0.39, 0.29) is 5.91 Å². The van der Waals surface area contributed by atoms with Gasteiger partial charge in [-0.1, -0.05) is 6.92 Å². The number of anilines is 1. The van der Waals surface area contributed by atoms with Gasteiger partial charge in [0.15, 0.2) is 0 Å². The third-order valence-corrected chi connectivity index (χ3v) is 3.78. The number of carbonyl (C=O) groups is 1. The van der Waals surface area contributed by atoms with Crippen LogP contribution in [-0.2, 0) is 18.3 Å². The van der Waals surface area contributed by atoms with Crippen LogP contribution in [0.3, 0.4) is 0 Å². The van der Waals surface area contributed by atoms with Gasteiger partial charge in [-0.05, 0) is 19.3 Å². The van der Waals surface area contributed by atoms with Gasteiger partial charge in [0.25, 0.3) is 5.91 Å². The topological polar surface area (TPSA) is 86.2 Å². The molecule has 118 valence electrons. The number of amides is 1. The first kappa shape index (κ1) is 14.6. The minimum atomic E-state index is -0.601. The Morgan fingerprint density at radius 1 is 1.41 bits per heavy atom. The molecular weight excluding hydrogens is 286 g/mol. The summed E-state index contributed by atoms with van der Waals surface area (Å²) in [5.41, 5.74) is 0.738. The Labute approximate surface area is 127 Å². The number of rotatable bonds is 4. The van der Waals surface area contributed by atoms with Crippen molar-refractivity contribution in [3.05, 3.63) is 28.8 Å². The van der Waals surface area contributed by atoms with Crippen molar-refractivity contribution in [1.82, 2.24) is 19.6 Å². The van der Waals surface area contributed by atoms with Crippen LogP contribution in [0, 0.1) is 0 Å². The van der Waals surface area contributed by atoms with Crippen molar-refractivity contribution in [2.45, 2.75) is 38.6 Å². The van der Waals surface area contributed by atoms with Gasteiger partial charge in [-0.2, -0.15) is 9.78 Å². The summed E-state index contributed by atoms with van der Waals surface area (Å²) >= 11 is 0. The van der Waals surface area contributed by atoms with E-state index in [0.717, 1.165) is 18.5 Å². The maximum Gasteiger partial charge on any atom is 0.437 e. The molecule has 0 saturated carbocycles. The van der Waals surface area contributed by atoms with Crippen molar-refractivity contribution in [3.8, 4) is 0 Å². The van der Waals surface area contributed by atoms with Crippen LogP contribution in [0.15, 0.2) is 21.6 Å². The number of aromatic nitrogens is 4. The second-order valence-electron chi connectivity index (χ2n) is 5.48. The molecule has 1 saturated heterocycles. The molecule has 2 aromatic heterocycles. The van der Waals surface area contributed by atoms with Crippen LogP contribution >= 0.6 is 0 Å². The van der Waals surface area contributed by atoms with Crippen molar-refractivity contribution in [2.24, 2.45) is 7.05 Å². The highest BCUT2D eigenvalue weighted by atomic mass is 16.4. The maximum atomic E-state index is 12.7. The quantitative estimate of drug-likeness (QED) is 0.837. The molecule has 0 spiro atoms. The van der Waals surface area contributed by atoms with Crippen molar-refractivity contribution in [2.75, 3.05) is 11.4 Å². The average Bonchev–Trinajstić information content (AvgIpc) is 3.06. The van der Waals surface area contributed by atoms with E-state index < -0.39 is 11.8 Å². The van der Waals surface area contributed by atoms with Gasteiger partial charge in [-0.3, -0.25) is 9.48 Å². The lowest BCUT2D eigenvalue weighted by Gasteiger charge is -2.30. The zero-order valence-electron chi connectivity index (χ0n) is 12.7. The molecule has 22 heavy (non-hydrogen) atoms. The molecule has 1 fully saturated rings. The van der Waals surface area contributed by atoms with Gasteiger partial charge in [0, 0.05) is 26.2 Å². The molecule has 3 rings (SSSR count). The SMILES string of the molecule is CCCc1nn([C@H]2CCCN(c3cnn(C)c3)C2=O)c(=O)o1. The molecule has 1 aliphatic heterocycles. The second-order valence-corrected chi connectivity index (χ2v) is 5.48. The zero-order chi connectivity index (χ0) is 15.7. The van der Waals surface area contributed by atoms with Crippen LogP contribution in [0.5, 0.6) is 0 Å². The smallest absolute Gasteiger partial charge is 0.392 e. The lowest BCUT2D eigenvalue weighted by atomic mass is 10.0. The number of nitrogens with zero attached hydrogens (tertiary/aromatic N) is 5. The molecule has 3 heterocycles. The first-order valence-corrected chi connectivity index (χ1v) is 7.48. The molecule has 0 radical (unpaired) electrons. The van der Waals surface area contributed by atoms with Gasteiger partial charge in [0.05, 0.1) is 11.9 Å². The fraction of sp³-hybridized carbons (Fsp3) is 0.571. The average molecular weight is 305 g/mol. The molecule has 2 aromatic rings. The summed E-state index contributed by atoms with van der Waals surface area (Å²) < 4.78 is 7.95. The minimum absolute atomic E-state index is 0.141. The summed E-state index contributed by atoms with van der Waals surface area (Å²) in [4.78, 5) is 26.3. The molecule has 8 nitrogen and oxygen atoms in total. The largest absolute Gasteiger partial charge is 0.437 e. The molecule has 0 N–H and O–H groups in total. The summed E-state index contributed by atoms with van der Waals surface area (Å²) in [6.07, 6.45) is 6.25. The minimum Gasteiger partial charge on any atom is -0.392 e. The highest BCUT2D eigenvalue weighted by Crippen LogP contribution is 2.26. The third kappa shape index (κ3) is 2.56. The lowest BCUT2D eigenvalue weighted by molar-refractivity contribution is -0.123. The molecule has 1 amide bonds. The number of carbonyl (C=O) groups excluding carboxylic acids is 1. The van der Waals surface area contributed by atoms with Crippen molar-refractivity contribution >= 4 is 11.6 Å². The van der Waals surface area contributed by atoms with Crippen LogP contribution in [0.1, 0.15) is 38.1 Å². The zero-order valence-corrected chi connectivity index (χ0v) is 12.7. The fourth-order valence-corrected chi connectivity index (χ4v) is 2.73. The van der Waals surface area contributed by atoms with E-state index >= 15 is 0 Å². The monoisotopic (exact) mass is 305 g/mol. The summed E-state index contributed by atoms with van der Waals surface area (Å²) in [5, 5.41) is 8.27. The molecule has 0 unspecified atom stereocenters. The van der Waals surface area contributed by atoms with Crippen molar-refractivity contribution in [1.29, 1.82) is 0 Å². The molecule has 1 aliphatic rings. The fourth-order valence-electron chi connectivity index (χ4n) is 2.73. The summed E-state index contributed by atoms with van der Waals surface area (Å²) in [6.45, 7) is 2.60. The first-order chi connectivity index (χ1) is 10.6. The van der Waals surface area contributed by atoms with E-state index in [9.17, 15) is 9.59 Å². The molecule has 0 aromatic carbocycles. The predicted octanol–water partition coefficient (Wildman–Crippen LogP) is 0.890. The standard InChI is InChI=1S/C14H19N5O3/c1-3-5-12-16-19(14(21)22-12)11-6-4-7-18(13(11)20)10-8-15-17(2)9-10/h8-9,11H,3-7H2,1-2H3/t11-/m0/s1.